The van der Waals surface area contributed by atoms with Crippen LogP contribution in [0.15, 0.2) is 23.2 Å². The highest BCUT2D eigenvalue weighted by Crippen LogP contribution is 2.30. The number of benzene rings is 1. The number of fused-ring (bicyclic) bond motifs is 1. The molecular formula is C18H29N3O2. The molecule has 23 heavy (non-hydrogen) atoms. The first kappa shape index (κ1) is 17.4. The lowest BCUT2D eigenvalue weighted by Crippen LogP contribution is -2.37. The Labute approximate surface area is 139 Å². The Balaban J connectivity index is 1.81. The van der Waals surface area contributed by atoms with Crippen LogP contribution in [0.2, 0.25) is 0 Å². The van der Waals surface area contributed by atoms with Crippen LogP contribution in [0, 0.1) is 5.92 Å². The molecule has 0 radical (unpaired) electrons. The van der Waals surface area contributed by atoms with Crippen molar-refractivity contribution in [2.24, 2.45) is 10.9 Å². The highest BCUT2D eigenvalue weighted by molar-refractivity contribution is 5.79. The number of nitrogens with one attached hydrogen (secondary N) is 2. The maximum Gasteiger partial charge on any atom is 0.191 e. The summed E-state index contributed by atoms with van der Waals surface area (Å²) in [6, 6.07) is 6.09. The fourth-order valence-corrected chi connectivity index (χ4v) is 2.44. The zero-order valence-corrected chi connectivity index (χ0v) is 14.5. The van der Waals surface area contributed by atoms with Gasteiger partial charge in [0.15, 0.2) is 17.5 Å². The van der Waals surface area contributed by atoms with Crippen LogP contribution in [0.25, 0.3) is 0 Å². The maximum atomic E-state index is 5.73. The third-order valence-corrected chi connectivity index (χ3v) is 3.75. The molecule has 1 aromatic rings. The van der Waals surface area contributed by atoms with Crippen molar-refractivity contribution in [2.75, 3.05) is 26.8 Å². The van der Waals surface area contributed by atoms with E-state index >= 15 is 0 Å². The second-order valence-electron chi connectivity index (χ2n) is 6.22. The summed E-state index contributed by atoms with van der Waals surface area (Å²) in [7, 11) is 1.80. The van der Waals surface area contributed by atoms with Crippen molar-refractivity contribution in [1.82, 2.24) is 10.6 Å². The smallest absolute Gasteiger partial charge is 0.191 e. The number of guanidine groups is 1. The molecule has 128 valence electrons. The third kappa shape index (κ3) is 6.00. The van der Waals surface area contributed by atoms with E-state index < -0.39 is 0 Å². The Morgan fingerprint density at radius 3 is 2.70 bits per heavy atom. The first-order valence-electron chi connectivity index (χ1n) is 8.52. The molecule has 0 spiro atoms. The number of hydrogen-bond donors (Lipinski definition) is 2. The topological polar surface area (TPSA) is 54.9 Å². The van der Waals surface area contributed by atoms with Crippen molar-refractivity contribution in [3.8, 4) is 11.5 Å². The molecule has 0 unspecified atom stereocenters. The lowest BCUT2D eigenvalue weighted by Gasteiger charge is -2.14. The standard InChI is InChI=1S/C18H29N3O2/c1-14(2)6-4-9-20-18(19-3)21-13-15-7-8-16-17(12-15)23-11-5-10-22-16/h7-8,12,14H,4-6,9-11,13H2,1-3H3,(H2,19,20,21). The second kappa shape index (κ2) is 9.28. The van der Waals surface area contributed by atoms with Gasteiger partial charge in [-0.2, -0.15) is 0 Å². The first-order valence-corrected chi connectivity index (χ1v) is 8.52. The van der Waals surface area contributed by atoms with E-state index in [2.05, 4.69) is 35.5 Å². The van der Waals surface area contributed by atoms with Gasteiger partial charge in [0.25, 0.3) is 0 Å². The van der Waals surface area contributed by atoms with Crippen molar-refractivity contribution in [3.05, 3.63) is 23.8 Å². The molecule has 0 atom stereocenters. The number of aliphatic imine (C=N–C) groups is 1. The Morgan fingerprint density at radius 1 is 1.17 bits per heavy atom. The molecule has 0 bridgehead atoms. The second-order valence-corrected chi connectivity index (χ2v) is 6.22. The van der Waals surface area contributed by atoms with Gasteiger partial charge >= 0.3 is 0 Å². The molecule has 0 fully saturated rings. The van der Waals surface area contributed by atoms with Crippen molar-refractivity contribution in [3.63, 3.8) is 0 Å². The summed E-state index contributed by atoms with van der Waals surface area (Å²) in [5.41, 5.74) is 1.15. The highest BCUT2D eigenvalue weighted by Gasteiger charge is 2.10. The summed E-state index contributed by atoms with van der Waals surface area (Å²) >= 11 is 0. The SMILES string of the molecule is CN=C(NCCCC(C)C)NCc1ccc2c(c1)OCCCO2. The molecule has 1 aliphatic rings. The predicted molar refractivity (Wildman–Crippen MR) is 94.3 cm³/mol. The predicted octanol–water partition coefficient (Wildman–Crippen LogP) is 2.95. The number of nitrogens with zero attached hydrogens (tertiary/aromatic N) is 1. The minimum Gasteiger partial charge on any atom is -0.490 e. The van der Waals surface area contributed by atoms with E-state index in [-0.39, 0.29) is 0 Å². The zero-order valence-electron chi connectivity index (χ0n) is 14.5. The maximum absolute atomic E-state index is 5.73. The molecule has 0 aliphatic carbocycles. The van der Waals surface area contributed by atoms with Gasteiger partial charge < -0.3 is 20.1 Å². The molecule has 5 nitrogen and oxygen atoms in total. The number of hydrogen-bond acceptors (Lipinski definition) is 3. The van der Waals surface area contributed by atoms with Gasteiger partial charge in [0.2, 0.25) is 0 Å². The van der Waals surface area contributed by atoms with Crippen molar-refractivity contribution < 1.29 is 9.47 Å². The summed E-state index contributed by atoms with van der Waals surface area (Å²) < 4.78 is 11.4. The van der Waals surface area contributed by atoms with Crippen LogP contribution in [0.4, 0.5) is 0 Å². The molecule has 5 heteroatoms. The van der Waals surface area contributed by atoms with Gasteiger partial charge in [-0.05, 0) is 36.5 Å². The zero-order chi connectivity index (χ0) is 16.5. The van der Waals surface area contributed by atoms with E-state index in [1.807, 2.05) is 12.1 Å². The van der Waals surface area contributed by atoms with Crippen LogP contribution in [0.1, 0.15) is 38.7 Å². The van der Waals surface area contributed by atoms with Crippen LogP contribution in [-0.2, 0) is 6.54 Å². The lowest BCUT2D eigenvalue weighted by molar-refractivity contribution is 0.297. The monoisotopic (exact) mass is 319 g/mol. The quantitative estimate of drug-likeness (QED) is 0.481. The van der Waals surface area contributed by atoms with Crippen molar-refractivity contribution in [1.29, 1.82) is 0 Å². The van der Waals surface area contributed by atoms with Gasteiger partial charge in [0, 0.05) is 26.6 Å². The van der Waals surface area contributed by atoms with E-state index in [4.69, 9.17) is 9.47 Å². The van der Waals surface area contributed by atoms with Gasteiger partial charge in [-0.15, -0.1) is 0 Å². The lowest BCUT2D eigenvalue weighted by atomic mass is 10.1. The molecule has 0 saturated heterocycles. The Bertz CT molecular complexity index is 515. The van der Waals surface area contributed by atoms with Crippen molar-refractivity contribution >= 4 is 5.96 Å². The van der Waals surface area contributed by atoms with Gasteiger partial charge in [-0.3, -0.25) is 4.99 Å². The summed E-state index contributed by atoms with van der Waals surface area (Å²) in [5, 5.41) is 6.69. The van der Waals surface area contributed by atoms with Crippen molar-refractivity contribution in [2.45, 2.75) is 39.7 Å². The van der Waals surface area contributed by atoms with Crippen LogP contribution < -0.4 is 20.1 Å². The normalized spacial score (nSPS) is 14.5. The molecule has 0 amide bonds. The Morgan fingerprint density at radius 2 is 1.96 bits per heavy atom. The van der Waals surface area contributed by atoms with Gasteiger partial charge in [0.1, 0.15) is 0 Å². The van der Waals surface area contributed by atoms with Crippen LogP contribution >= 0.6 is 0 Å². The van der Waals surface area contributed by atoms with E-state index in [0.29, 0.717) is 13.2 Å². The summed E-state index contributed by atoms with van der Waals surface area (Å²) in [6.45, 7) is 7.58. The molecule has 0 aromatic heterocycles. The average molecular weight is 319 g/mol. The van der Waals surface area contributed by atoms with Crippen LogP contribution in [-0.4, -0.2) is 32.8 Å². The first-order chi connectivity index (χ1) is 11.2. The van der Waals surface area contributed by atoms with E-state index in [1.165, 1.54) is 6.42 Å². The molecule has 1 aliphatic heterocycles. The average Bonchev–Trinajstić information content (AvgIpc) is 2.78. The van der Waals surface area contributed by atoms with Crippen LogP contribution in [0.3, 0.4) is 0 Å². The molecule has 1 aromatic carbocycles. The number of ether oxygens (including phenoxy) is 2. The Hall–Kier alpha value is -1.91. The third-order valence-electron chi connectivity index (χ3n) is 3.75. The minimum absolute atomic E-state index is 0.709. The van der Waals surface area contributed by atoms with Gasteiger partial charge in [-0.25, -0.2) is 0 Å². The van der Waals surface area contributed by atoms with E-state index in [0.717, 1.165) is 54.9 Å². The fourth-order valence-electron chi connectivity index (χ4n) is 2.44. The molecule has 2 rings (SSSR count). The molecular weight excluding hydrogens is 290 g/mol. The van der Waals surface area contributed by atoms with Gasteiger partial charge in [0.05, 0.1) is 13.2 Å². The highest BCUT2D eigenvalue weighted by atomic mass is 16.5. The summed E-state index contributed by atoms with van der Waals surface area (Å²) in [6.07, 6.45) is 3.31. The van der Waals surface area contributed by atoms with E-state index in [9.17, 15) is 0 Å². The minimum atomic E-state index is 0.709. The fraction of sp³-hybridized carbons (Fsp3) is 0.611. The molecule has 1 heterocycles. The summed E-state index contributed by atoms with van der Waals surface area (Å²) in [5.74, 6) is 3.25. The number of rotatable bonds is 6. The largest absolute Gasteiger partial charge is 0.490 e. The Kier molecular flexibility index (Phi) is 7.04. The van der Waals surface area contributed by atoms with Crippen LogP contribution in [0.5, 0.6) is 11.5 Å². The molecule has 2 N–H and O–H groups in total. The molecule has 0 saturated carbocycles. The van der Waals surface area contributed by atoms with Gasteiger partial charge in [-0.1, -0.05) is 19.9 Å². The summed E-state index contributed by atoms with van der Waals surface area (Å²) in [4.78, 5) is 4.26. The van der Waals surface area contributed by atoms with E-state index in [1.54, 1.807) is 7.05 Å².